The van der Waals surface area contributed by atoms with E-state index in [4.69, 9.17) is 11.6 Å². The molecule has 3 heteroatoms. The highest BCUT2D eigenvalue weighted by Gasteiger charge is 2.08. The molecule has 0 bridgehead atoms. The van der Waals surface area contributed by atoms with Crippen molar-refractivity contribution < 1.29 is 4.55 Å². The lowest BCUT2D eigenvalue weighted by Crippen LogP contribution is -2.06. The smallest absolute Gasteiger partial charge is 0.152 e. The van der Waals surface area contributed by atoms with E-state index in [0.29, 0.717) is 5.88 Å². The van der Waals surface area contributed by atoms with Gasteiger partial charge in [0.25, 0.3) is 0 Å². The number of hydrogen-bond acceptors (Lipinski definition) is 1. The molecule has 0 amide bonds. The molecule has 78 valence electrons. The van der Waals surface area contributed by atoms with Gasteiger partial charge >= 0.3 is 0 Å². The molecule has 0 aromatic heterocycles. The second kappa shape index (κ2) is 7.16. The summed E-state index contributed by atoms with van der Waals surface area (Å²) in [6.07, 6.45) is 3.09. The van der Waals surface area contributed by atoms with Crippen LogP contribution >= 0.6 is 11.6 Å². The maximum atomic E-state index is 11.7. The molecule has 1 rings (SSSR count). The van der Waals surface area contributed by atoms with Crippen LogP contribution in [0.2, 0.25) is 0 Å². The molecule has 0 N–H and O–H groups in total. The molecule has 0 saturated carbocycles. The number of rotatable bonds is 6. The van der Waals surface area contributed by atoms with Crippen LogP contribution in [-0.4, -0.2) is 16.2 Å². The van der Waals surface area contributed by atoms with Gasteiger partial charge in [0.15, 0.2) is 4.90 Å². The summed E-state index contributed by atoms with van der Waals surface area (Å²) in [5, 5.41) is 0. The Morgan fingerprint density at radius 3 is 2.43 bits per heavy atom. The van der Waals surface area contributed by atoms with Crippen LogP contribution in [0.3, 0.4) is 0 Å². The lowest BCUT2D eigenvalue weighted by molar-refractivity contribution is 0.590. The van der Waals surface area contributed by atoms with E-state index in [-0.39, 0.29) is 0 Å². The van der Waals surface area contributed by atoms with Crippen molar-refractivity contribution in [2.24, 2.45) is 0 Å². The fraction of sp³-hybridized carbons (Fsp3) is 0.455. The SMILES string of the molecule is [O-][S+](CCCCCCl)c1ccccc1. The summed E-state index contributed by atoms with van der Waals surface area (Å²) in [6.45, 7) is 0. The van der Waals surface area contributed by atoms with E-state index in [9.17, 15) is 4.55 Å². The van der Waals surface area contributed by atoms with E-state index >= 15 is 0 Å². The molecular formula is C11H15ClOS. The highest BCUT2D eigenvalue weighted by molar-refractivity contribution is 7.91. The Kier molecular flexibility index (Phi) is 6.08. The van der Waals surface area contributed by atoms with Crippen molar-refractivity contribution in [2.45, 2.75) is 24.2 Å². The molecule has 0 spiro atoms. The third kappa shape index (κ3) is 4.36. The van der Waals surface area contributed by atoms with Gasteiger partial charge in [0, 0.05) is 5.88 Å². The van der Waals surface area contributed by atoms with Crippen LogP contribution in [0, 0.1) is 0 Å². The Bertz CT molecular complexity index is 240. The highest BCUT2D eigenvalue weighted by Crippen LogP contribution is 2.12. The second-order valence-electron chi connectivity index (χ2n) is 3.11. The first-order valence-electron chi connectivity index (χ1n) is 4.84. The normalized spacial score (nSPS) is 12.7. The van der Waals surface area contributed by atoms with Crippen LogP contribution in [0.25, 0.3) is 0 Å². The van der Waals surface area contributed by atoms with Gasteiger partial charge in [-0.1, -0.05) is 18.2 Å². The minimum atomic E-state index is -0.830. The first-order valence-corrected chi connectivity index (χ1v) is 6.69. The number of halogens is 1. The molecule has 0 aliphatic rings. The fourth-order valence-corrected chi connectivity index (χ4v) is 2.55. The van der Waals surface area contributed by atoms with Crippen molar-refractivity contribution in [3.8, 4) is 0 Å². The van der Waals surface area contributed by atoms with Gasteiger partial charge in [0.1, 0.15) is 5.75 Å². The Balaban J connectivity index is 2.25. The monoisotopic (exact) mass is 230 g/mol. The molecule has 0 aliphatic carbocycles. The second-order valence-corrected chi connectivity index (χ2v) is 5.06. The molecule has 1 unspecified atom stereocenters. The van der Waals surface area contributed by atoms with Crippen LogP contribution in [0.1, 0.15) is 19.3 Å². The molecule has 0 saturated heterocycles. The number of hydrogen-bond donors (Lipinski definition) is 0. The highest BCUT2D eigenvalue weighted by atomic mass is 35.5. The van der Waals surface area contributed by atoms with Crippen molar-refractivity contribution in [3.63, 3.8) is 0 Å². The molecule has 14 heavy (non-hydrogen) atoms. The number of unbranched alkanes of at least 4 members (excludes halogenated alkanes) is 2. The molecule has 0 heterocycles. The summed E-state index contributed by atoms with van der Waals surface area (Å²) in [5.41, 5.74) is 0. The minimum absolute atomic E-state index is 0.706. The van der Waals surface area contributed by atoms with Crippen LogP contribution in [0.4, 0.5) is 0 Å². The predicted molar refractivity (Wildman–Crippen MR) is 62.3 cm³/mol. The lowest BCUT2D eigenvalue weighted by Gasteiger charge is -2.09. The molecular weight excluding hydrogens is 216 g/mol. The third-order valence-corrected chi connectivity index (χ3v) is 3.69. The van der Waals surface area contributed by atoms with Crippen molar-refractivity contribution in [3.05, 3.63) is 30.3 Å². The Hall–Kier alpha value is -0.180. The molecule has 1 atom stereocenters. The first kappa shape index (κ1) is 11.9. The van der Waals surface area contributed by atoms with Gasteiger partial charge in [-0.15, -0.1) is 11.6 Å². The van der Waals surface area contributed by atoms with Crippen LogP contribution in [0.15, 0.2) is 35.2 Å². The van der Waals surface area contributed by atoms with Crippen molar-refractivity contribution >= 4 is 22.8 Å². The number of alkyl halides is 1. The van der Waals surface area contributed by atoms with Crippen molar-refractivity contribution in [2.75, 3.05) is 11.6 Å². The summed E-state index contributed by atoms with van der Waals surface area (Å²) in [7, 11) is 0. The zero-order valence-electron chi connectivity index (χ0n) is 8.12. The Morgan fingerprint density at radius 1 is 1.07 bits per heavy atom. The van der Waals surface area contributed by atoms with E-state index in [1.807, 2.05) is 30.3 Å². The zero-order chi connectivity index (χ0) is 10.2. The molecule has 0 aliphatic heterocycles. The van der Waals surface area contributed by atoms with Gasteiger partial charge in [-0.25, -0.2) is 0 Å². The quantitative estimate of drug-likeness (QED) is 0.418. The van der Waals surface area contributed by atoms with Crippen molar-refractivity contribution in [1.29, 1.82) is 0 Å². The van der Waals surface area contributed by atoms with Crippen LogP contribution in [-0.2, 0) is 11.2 Å². The summed E-state index contributed by atoms with van der Waals surface area (Å²) in [4.78, 5) is 0.929. The van der Waals surface area contributed by atoms with Gasteiger partial charge in [0.2, 0.25) is 0 Å². The standard InChI is InChI=1S/C11H15ClOS/c12-9-5-2-6-10-14(13)11-7-3-1-4-8-11/h1,3-4,7-8H,2,5-6,9-10H2. The summed E-state index contributed by atoms with van der Waals surface area (Å²) < 4.78 is 11.7. The maximum absolute atomic E-state index is 11.7. The van der Waals surface area contributed by atoms with E-state index in [1.54, 1.807) is 0 Å². The van der Waals surface area contributed by atoms with E-state index in [2.05, 4.69) is 0 Å². The van der Waals surface area contributed by atoms with Gasteiger partial charge in [-0.3, -0.25) is 0 Å². The summed E-state index contributed by atoms with van der Waals surface area (Å²) in [6, 6.07) is 9.61. The maximum Gasteiger partial charge on any atom is 0.152 e. The van der Waals surface area contributed by atoms with Crippen LogP contribution < -0.4 is 0 Å². The topological polar surface area (TPSA) is 23.1 Å². The van der Waals surface area contributed by atoms with Crippen LogP contribution in [0.5, 0.6) is 0 Å². The Labute approximate surface area is 93.7 Å². The number of benzene rings is 1. The average molecular weight is 231 g/mol. The minimum Gasteiger partial charge on any atom is -0.611 e. The summed E-state index contributed by atoms with van der Waals surface area (Å²) >= 11 is 4.73. The predicted octanol–water partition coefficient (Wildman–Crippen LogP) is 3.20. The lowest BCUT2D eigenvalue weighted by atomic mass is 10.3. The Morgan fingerprint density at radius 2 is 1.79 bits per heavy atom. The zero-order valence-corrected chi connectivity index (χ0v) is 9.69. The van der Waals surface area contributed by atoms with Gasteiger partial charge in [-0.05, 0) is 42.6 Å². The first-order chi connectivity index (χ1) is 6.84. The fourth-order valence-electron chi connectivity index (χ4n) is 1.19. The molecule has 1 nitrogen and oxygen atoms in total. The molecule has 0 radical (unpaired) electrons. The molecule has 1 aromatic rings. The van der Waals surface area contributed by atoms with E-state index in [1.165, 1.54) is 0 Å². The molecule has 1 aromatic carbocycles. The summed E-state index contributed by atoms with van der Waals surface area (Å²) in [5.74, 6) is 1.46. The third-order valence-electron chi connectivity index (χ3n) is 1.97. The molecule has 0 fully saturated rings. The van der Waals surface area contributed by atoms with Gasteiger partial charge < -0.3 is 4.55 Å². The largest absolute Gasteiger partial charge is 0.611 e. The van der Waals surface area contributed by atoms with Crippen molar-refractivity contribution in [1.82, 2.24) is 0 Å². The average Bonchev–Trinajstić information content (AvgIpc) is 2.25. The van der Waals surface area contributed by atoms with E-state index < -0.39 is 11.2 Å². The van der Waals surface area contributed by atoms with Gasteiger partial charge in [-0.2, -0.15) is 0 Å². The van der Waals surface area contributed by atoms with E-state index in [0.717, 1.165) is 29.9 Å². The van der Waals surface area contributed by atoms with Gasteiger partial charge in [0.05, 0.1) is 0 Å².